The maximum atomic E-state index is 5.40. The maximum absolute atomic E-state index is 5.40. The molecule has 1 heterocycles. The van der Waals surface area contributed by atoms with Crippen molar-refractivity contribution in [3.63, 3.8) is 0 Å². The van der Waals surface area contributed by atoms with Gasteiger partial charge in [-0.3, -0.25) is 0 Å². The molecule has 0 saturated carbocycles. The van der Waals surface area contributed by atoms with Gasteiger partial charge in [-0.25, -0.2) is 0 Å². The second-order valence-electron chi connectivity index (χ2n) is 4.14. The molecule has 1 aromatic heterocycles. The Balaban J connectivity index is 2.27. The van der Waals surface area contributed by atoms with Crippen LogP contribution in [0.25, 0.3) is 10.6 Å². The number of methoxy groups -OCH3 is 2. The summed E-state index contributed by atoms with van der Waals surface area (Å²) in [7, 11) is 3.29. The Morgan fingerprint density at radius 2 is 1.85 bits per heavy atom. The summed E-state index contributed by atoms with van der Waals surface area (Å²) in [5.74, 6) is 1.50. The minimum Gasteiger partial charge on any atom is -0.496 e. The van der Waals surface area contributed by atoms with E-state index >= 15 is 0 Å². The molecule has 108 valence electrons. The number of hydrogen-bond acceptors (Lipinski definition) is 6. The fraction of sp³-hybridized carbons (Fsp3) is 0.429. The first-order valence-electron chi connectivity index (χ1n) is 6.54. The number of nitrogens with one attached hydrogen (secondary N) is 1. The van der Waals surface area contributed by atoms with Crippen molar-refractivity contribution in [2.75, 3.05) is 27.3 Å². The molecule has 0 spiro atoms. The molecule has 1 aromatic carbocycles. The summed E-state index contributed by atoms with van der Waals surface area (Å²) in [5, 5.41) is 13.6. The molecule has 2 aromatic rings. The lowest BCUT2D eigenvalue weighted by atomic mass is 10.2. The summed E-state index contributed by atoms with van der Waals surface area (Å²) in [4.78, 5) is 0. The first-order valence-corrected chi connectivity index (χ1v) is 7.36. The normalized spacial score (nSPS) is 10.6. The van der Waals surface area contributed by atoms with E-state index in [-0.39, 0.29) is 0 Å². The molecule has 0 aliphatic carbocycles. The molecule has 2 rings (SSSR count). The van der Waals surface area contributed by atoms with E-state index < -0.39 is 0 Å². The van der Waals surface area contributed by atoms with Crippen molar-refractivity contribution in [3.05, 3.63) is 23.2 Å². The van der Waals surface area contributed by atoms with Gasteiger partial charge in [-0.05, 0) is 18.7 Å². The highest BCUT2D eigenvalue weighted by Crippen LogP contribution is 2.39. The summed E-state index contributed by atoms with van der Waals surface area (Å²) in [6, 6.07) is 5.70. The molecular weight excluding hydrogens is 274 g/mol. The summed E-state index contributed by atoms with van der Waals surface area (Å²) in [6.07, 6.45) is 0.878. The summed E-state index contributed by atoms with van der Waals surface area (Å²) < 4.78 is 10.8. The quantitative estimate of drug-likeness (QED) is 0.794. The second kappa shape index (κ2) is 7.21. The predicted molar refractivity (Wildman–Crippen MR) is 80.7 cm³/mol. The van der Waals surface area contributed by atoms with E-state index in [9.17, 15) is 0 Å². The third-order valence-corrected chi connectivity index (χ3v) is 3.87. The lowest BCUT2D eigenvalue weighted by molar-refractivity contribution is 0.397. The Labute approximate surface area is 123 Å². The highest BCUT2D eigenvalue weighted by atomic mass is 32.1. The van der Waals surface area contributed by atoms with Gasteiger partial charge in [-0.2, -0.15) is 0 Å². The van der Waals surface area contributed by atoms with Crippen LogP contribution in [0.1, 0.15) is 11.9 Å². The van der Waals surface area contributed by atoms with Gasteiger partial charge in [0.1, 0.15) is 16.5 Å². The Morgan fingerprint density at radius 3 is 2.45 bits per heavy atom. The van der Waals surface area contributed by atoms with Crippen molar-refractivity contribution >= 4 is 11.3 Å². The molecule has 5 nitrogen and oxygen atoms in total. The van der Waals surface area contributed by atoms with Crippen LogP contribution in [0.4, 0.5) is 0 Å². The van der Waals surface area contributed by atoms with Crippen LogP contribution in [0.15, 0.2) is 18.2 Å². The van der Waals surface area contributed by atoms with Crippen molar-refractivity contribution in [1.29, 1.82) is 0 Å². The molecule has 0 aliphatic rings. The average Bonchev–Trinajstić information content (AvgIpc) is 2.95. The van der Waals surface area contributed by atoms with Crippen LogP contribution in [0, 0.1) is 0 Å². The van der Waals surface area contributed by atoms with Crippen molar-refractivity contribution in [1.82, 2.24) is 15.5 Å². The van der Waals surface area contributed by atoms with E-state index in [0.29, 0.717) is 0 Å². The number of hydrogen-bond donors (Lipinski definition) is 1. The standard InChI is InChI=1S/C14H19N3O2S/c1-4-15-9-8-12-16-17-14(20-12)13-10(18-2)6-5-7-11(13)19-3/h5-7,15H,4,8-9H2,1-3H3. The van der Waals surface area contributed by atoms with Gasteiger partial charge in [0.25, 0.3) is 0 Å². The lowest BCUT2D eigenvalue weighted by Gasteiger charge is -2.09. The van der Waals surface area contributed by atoms with Gasteiger partial charge < -0.3 is 14.8 Å². The van der Waals surface area contributed by atoms with Crippen LogP contribution >= 0.6 is 11.3 Å². The van der Waals surface area contributed by atoms with Gasteiger partial charge >= 0.3 is 0 Å². The summed E-state index contributed by atoms with van der Waals surface area (Å²) in [6.45, 7) is 3.96. The van der Waals surface area contributed by atoms with Gasteiger partial charge in [0.2, 0.25) is 0 Å². The predicted octanol–water partition coefficient (Wildman–Crippen LogP) is 2.37. The zero-order valence-corrected chi connectivity index (χ0v) is 12.8. The highest BCUT2D eigenvalue weighted by molar-refractivity contribution is 7.14. The molecule has 20 heavy (non-hydrogen) atoms. The topological polar surface area (TPSA) is 56.3 Å². The fourth-order valence-electron chi connectivity index (χ4n) is 1.89. The van der Waals surface area contributed by atoms with E-state index in [1.54, 1.807) is 25.6 Å². The molecule has 0 aliphatic heterocycles. The minimum absolute atomic E-state index is 0.749. The van der Waals surface area contributed by atoms with Crippen molar-refractivity contribution in [2.45, 2.75) is 13.3 Å². The van der Waals surface area contributed by atoms with Crippen LogP contribution in [0.5, 0.6) is 11.5 Å². The maximum Gasteiger partial charge on any atom is 0.155 e. The first kappa shape index (κ1) is 14.7. The molecular formula is C14H19N3O2S. The number of aromatic nitrogens is 2. The third-order valence-electron chi connectivity index (χ3n) is 2.87. The van der Waals surface area contributed by atoms with Crippen molar-refractivity contribution < 1.29 is 9.47 Å². The first-order chi connectivity index (χ1) is 9.80. The Kier molecular flexibility index (Phi) is 5.31. The fourth-order valence-corrected chi connectivity index (χ4v) is 2.78. The van der Waals surface area contributed by atoms with Gasteiger partial charge in [0.05, 0.1) is 19.8 Å². The second-order valence-corrected chi connectivity index (χ2v) is 5.20. The van der Waals surface area contributed by atoms with Crippen LogP contribution in [-0.2, 0) is 6.42 Å². The SMILES string of the molecule is CCNCCc1nnc(-c2c(OC)cccc2OC)s1. The number of ether oxygens (including phenoxy) is 2. The number of nitrogens with zero attached hydrogens (tertiary/aromatic N) is 2. The molecule has 0 radical (unpaired) electrons. The molecule has 0 amide bonds. The Morgan fingerprint density at radius 1 is 1.15 bits per heavy atom. The van der Waals surface area contributed by atoms with Crippen LogP contribution in [-0.4, -0.2) is 37.5 Å². The Bertz CT molecular complexity index is 535. The smallest absolute Gasteiger partial charge is 0.155 e. The molecule has 0 bridgehead atoms. The highest BCUT2D eigenvalue weighted by Gasteiger charge is 2.16. The van der Waals surface area contributed by atoms with E-state index in [1.165, 1.54) is 0 Å². The zero-order chi connectivity index (χ0) is 14.4. The molecule has 0 fully saturated rings. The van der Waals surface area contributed by atoms with Gasteiger partial charge in [-0.1, -0.05) is 24.3 Å². The molecule has 0 unspecified atom stereocenters. The monoisotopic (exact) mass is 293 g/mol. The van der Waals surface area contributed by atoms with Gasteiger partial charge in [0, 0.05) is 13.0 Å². The minimum atomic E-state index is 0.749. The summed E-state index contributed by atoms with van der Waals surface area (Å²) in [5.41, 5.74) is 0.865. The largest absolute Gasteiger partial charge is 0.496 e. The van der Waals surface area contributed by atoms with E-state index in [2.05, 4.69) is 22.4 Å². The Hall–Kier alpha value is -1.66. The summed E-state index contributed by atoms with van der Waals surface area (Å²) >= 11 is 1.57. The van der Waals surface area contributed by atoms with Gasteiger partial charge in [-0.15, -0.1) is 10.2 Å². The average molecular weight is 293 g/mol. The van der Waals surface area contributed by atoms with E-state index in [0.717, 1.165) is 46.6 Å². The van der Waals surface area contributed by atoms with Crippen LogP contribution in [0.2, 0.25) is 0 Å². The molecule has 0 atom stereocenters. The number of rotatable bonds is 7. The number of benzene rings is 1. The molecule has 0 saturated heterocycles. The van der Waals surface area contributed by atoms with Crippen molar-refractivity contribution in [2.24, 2.45) is 0 Å². The zero-order valence-electron chi connectivity index (χ0n) is 12.0. The third kappa shape index (κ3) is 3.26. The van der Waals surface area contributed by atoms with Crippen molar-refractivity contribution in [3.8, 4) is 22.1 Å². The van der Waals surface area contributed by atoms with E-state index in [1.807, 2.05) is 18.2 Å². The van der Waals surface area contributed by atoms with E-state index in [4.69, 9.17) is 9.47 Å². The molecule has 6 heteroatoms. The van der Waals surface area contributed by atoms with Crippen LogP contribution in [0.3, 0.4) is 0 Å². The lowest BCUT2D eigenvalue weighted by Crippen LogP contribution is -2.15. The molecule has 1 N–H and O–H groups in total. The van der Waals surface area contributed by atoms with Crippen LogP contribution < -0.4 is 14.8 Å². The van der Waals surface area contributed by atoms with Gasteiger partial charge in [0.15, 0.2) is 5.01 Å². The number of likely N-dealkylation sites (N-methyl/N-ethyl adjacent to an activating group) is 1.